The number of rotatable bonds is 9. The number of carbonyl (C=O) groups is 2. The normalized spacial score (nSPS) is 13.1. The summed E-state index contributed by atoms with van der Waals surface area (Å²) < 4.78 is 75.1. The van der Waals surface area contributed by atoms with Crippen LogP contribution in [0.2, 0.25) is 0 Å². The number of aliphatic hydroxyl groups is 1. The first kappa shape index (κ1) is 33.9. The number of anilines is 1. The van der Waals surface area contributed by atoms with Crippen LogP contribution in [0, 0.1) is 11.6 Å². The number of ketones is 1. The predicted molar refractivity (Wildman–Crippen MR) is 186 cm³/mol. The Morgan fingerprint density at radius 2 is 1.82 bits per heavy atom. The Hall–Kier alpha value is -5.60. The first-order chi connectivity index (χ1) is 24.3. The molecule has 0 saturated carbocycles. The highest BCUT2D eigenvalue weighted by Gasteiger charge is 2.35. The number of aliphatic hydroxyl groups excluding tert-OH is 1. The minimum absolute atomic E-state index is 0.00920. The van der Waals surface area contributed by atoms with E-state index in [9.17, 15) is 27.5 Å². The second-order valence-electron chi connectivity index (χ2n) is 12.0. The van der Waals surface area contributed by atoms with Gasteiger partial charge in [0, 0.05) is 47.0 Å². The monoisotopic (exact) mass is 715 g/mol. The highest BCUT2D eigenvalue weighted by atomic mass is 32.2. The molecular weight excluding hydrogens is 684 g/mol. The van der Waals surface area contributed by atoms with Gasteiger partial charge in [0.05, 0.1) is 41.0 Å². The molecule has 0 fully saturated rings. The molecule has 4 heterocycles. The number of pyridine rings is 1. The summed E-state index contributed by atoms with van der Waals surface area (Å²) in [6.07, 6.45) is -0.730. The number of benzene rings is 3. The molecule has 1 atom stereocenters. The largest absolute Gasteiger partial charge is 0.470 e. The fourth-order valence-electron chi connectivity index (χ4n) is 6.43. The molecule has 3 aromatic heterocycles. The minimum Gasteiger partial charge on any atom is -0.470 e. The summed E-state index contributed by atoms with van der Waals surface area (Å²) in [5, 5.41) is 11.6. The van der Waals surface area contributed by atoms with Gasteiger partial charge in [-0.05, 0) is 61.5 Å². The van der Waals surface area contributed by atoms with Crippen molar-refractivity contribution in [1.29, 1.82) is 0 Å². The standard InChI is InChI=1S/C37H31F2N3O8S/c1-5-27(43)30-22-16-21(26(41(3)51(4,46)47)17-29(22)50-36(30)19-10-12-20(38)13-11-19)24-14-15-28-33(40-24)34-32(35(44)37(45)48-6-2)31-23(39)8-7-9-25(31)42(34)18-49-28/h7-17,35,44H,5-6,18H2,1-4H3. The third-order valence-electron chi connectivity index (χ3n) is 8.92. The summed E-state index contributed by atoms with van der Waals surface area (Å²) in [5.41, 5.74) is 2.17. The molecule has 0 amide bonds. The van der Waals surface area contributed by atoms with Crippen LogP contribution in [0.15, 0.2) is 71.1 Å². The third-order valence-corrected chi connectivity index (χ3v) is 10.1. The van der Waals surface area contributed by atoms with E-state index in [4.69, 9.17) is 18.9 Å². The van der Waals surface area contributed by atoms with Gasteiger partial charge in [-0.2, -0.15) is 0 Å². The molecule has 3 aromatic carbocycles. The van der Waals surface area contributed by atoms with E-state index in [2.05, 4.69) is 0 Å². The van der Waals surface area contributed by atoms with E-state index in [0.29, 0.717) is 16.5 Å². The van der Waals surface area contributed by atoms with E-state index < -0.39 is 33.7 Å². The zero-order valence-electron chi connectivity index (χ0n) is 27.9. The lowest BCUT2D eigenvalue weighted by atomic mass is 9.97. The quantitative estimate of drug-likeness (QED) is 0.124. The van der Waals surface area contributed by atoms with Gasteiger partial charge in [-0.3, -0.25) is 9.10 Å². The Morgan fingerprint density at radius 3 is 2.51 bits per heavy atom. The molecule has 0 aliphatic carbocycles. The van der Waals surface area contributed by atoms with Crippen LogP contribution in [0.1, 0.15) is 42.3 Å². The number of nitrogens with zero attached hydrogens (tertiary/aromatic N) is 3. The second-order valence-corrected chi connectivity index (χ2v) is 14.0. The molecule has 1 aliphatic rings. The van der Waals surface area contributed by atoms with Gasteiger partial charge < -0.3 is 23.6 Å². The van der Waals surface area contributed by atoms with Crippen molar-refractivity contribution in [2.24, 2.45) is 0 Å². The average Bonchev–Trinajstić information content (AvgIpc) is 3.66. The fraction of sp³-hybridized carbons (Fsp3) is 0.216. The van der Waals surface area contributed by atoms with Crippen LogP contribution < -0.4 is 9.04 Å². The predicted octanol–water partition coefficient (Wildman–Crippen LogP) is 7.00. The summed E-state index contributed by atoms with van der Waals surface area (Å²) in [6, 6.07) is 16.1. The number of ether oxygens (including phenoxy) is 2. The van der Waals surface area contributed by atoms with Crippen molar-refractivity contribution in [3.05, 3.63) is 89.5 Å². The molecule has 1 aliphatic heterocycles. The molecule has 51 heavy (non-hydrogen) atoms. The number of sulfonamides is 1. The smallest absolute Gasteiger partial charge is 0.339 e. The number of fused-ring (bicyclic) bond motifs is 6. The number of hydrogen-bond acceptors (Lipinski definition) is 9. The molecule has 0 saturated heterocycles. The van der Waals surface area contributed by atoms with Crippen LogP contribution in [-0.2, 0) is 26.3 Å². The molecule has 1 N–H and O–H groups in total. The second kappa shape index (κ2) is 12.6. The lowest BCUT2D eigenvalue weighted by Crippen LogP contribution is -2.25. The molecule has 7 rings (SSSR count). The van der Waals surface area contributed by atoms with Crippen LogP contribution in [0.3, 0.4) is 0 Å². The number of halogens is 2. The van der Waals surface area contributed by atoms with E-state index in [1.165, 1.54) is 49.5 Å². The molecular formula is C37H31F2N3O8S. The van der Waals surface area contributed by atoms with Gasteiger partial charge in [-0.15, -0.1) is 0 Å². The van der Waals surface area contributed by atoms with Crippen LogP contribution in [0.4, 0.5) is 14.5 Å². The number of furan rings is 1. The number of aromatic nitrogens is 2. The van der Waals surface area contributed by atoms with Gasteiger partial charge in [0.2, 0.25) is 10.0 Å². The molecule has 6 aromatic rings. The molecule has 0 radical (unpaired) electrons. The summed E-state index contributed by atoms with van der Waals surface area (Å²) in [4.78, 5) is 31.2. The van der Waals surface area contributed by atoms with Gasteiger partial charge in [-0.25, -0.2) is 27.0 Å². The summed E-state index contributed by atoms with van der Waals surface area (Å²) in [7, 11) is -2.50. The maximum atomic E-state index is 15.5. The van der Waals surface area contributed by atoms with Gasteiger partial charge in [-0.1, -0.05) is 13.0 Å². The van der Waals surface area contributed by atoms with E-state index in [1.54, 1.807) is 42.7 Å². The van der Waals surface area contributed by atoms with Crippen LogP contribution >= 0.6 is 0 Å². The number of hydrogen-bond donors (Lipinski definition) is 1. The zero-order valence-corrected chi connectivity index (χ0v) is 28.7. The van der Waals surface area contributed by atoms with Gasteiger partial charge in [0.1, 0.15) is 34.4 Å². The fourth-order valence-corrected chi connectivity index (χ4v) is 6.94. The van der Waals surface area contributed by atoms with Crippen LogP contribution in [0.25, 0.3) is 55.8 Å². The molecule has 0 spiro atoms. The maximum absolute atomic E-state index is 15.5. The Kier molecular flexibility index (Phi) is 8.38. The molecule has 11 nitrogen and oxygen atoms in total. The SMILES string of the molecule is CCOC(=O)C(O)c1c2n(c3cccc(F)c13)COc1ccc(-c3cc4c(C(=O)CC)c(-c5ccc(F)cc5)oc4cc3N(C)S(C)(=O)=O)nc1-2. The van der Waals surface area contributed by atoms with Crippen molar-refractivity contribution in [2.45, 2.75) is 33.1 Å². The van der Waals surface area contributed by atoms with Crippen LogP contribution in [0.5, 0.6) is 5.75 Å². The number of esters is 1. The lowest BCUT2D eigenvalue weighted by Gasteiger charge is -2.24. The topological polar surface area (TPSA) is 141 Å². The van der Waals surface area contributed by atoms with Crippen molar-refractivity contribution in [1.82, 2.24) is 9.55 Å². The van der Waals surface area contributed by atoms with E-state index in [-0.39, 0.29) is 87.5 Å². The van der Waals surface area contributed by atoms with Crippen molar-refractivity contribution < 1.29 is 45.8 Å². The minimum atomic E-state index is -3.86. The molecule has 0 bridgehead atoms. The van der Waals surface area contributed by atoms with E-state index >= 15 is 4.39 Å². The van der Waals surface area contributed by atoms with Crippen LogP contribution in [-0.4, -0.2) is 54.7 Å². The summed E-state index contributed by atoms with van der Waals surface area (Å²) >= 11 is 0. The third kappa shape index (κ3) is 5.60. The lowest BCUT2D eigenvalue weighted by molar-refractivity contribution is -0.153. The number of carbonyl (C=O) groups excluding carboxylic acids is 2. The van der Waals surface area contributed by atoms with Crippen molar-refractivity contribution in [3.63, 3.8) is 0 Å². The zero-order chi connectivity index (χ0) is 36.4. The summed E-state index contributed by atoms with van der Waals surface area (Å²) in [6.45, 7) is 3.17. The Morgan fingerprint density at radius 1 is 1.08 bits per heavy atom. The highest BCUT2D eigenvalue weighted by molar-refractivity contribution is 7.92. The van der Waals surface area contributed by atoms with E-state index in [0.717, 1.165) is 10.6 Å². The first-order valence-corrected chi connectivity index (χ1v) is 17.8. The Bertz CT molecular complexity index is 2510. The Labute approximate surface area is 290 Å². The number of Topliss-reactive ketones (excluding diaryl/α,β-unsaturated/α-hetero) is 1. The molecule has 262 valence electrons. The molecule has 1 unspecified atom stereocenters. The van der Waals surface area contributed by atoms with Gasteiger partial charge in [0.25, 0.3) is 0 Å². The van der Waals surface area contributed by atoms with E-state index in [1.807, 2.05) is 0 Å². The van der Waals surface area contributed by atoms with Crippen molar-refractivity contribution in [2.75, 3.05) is 24.2 Å². The highest BCUT2D eigenvalue weighted by Crippen LogP contribution is 2.47. The molecule has 14 heteroatoms. The van der Waals surface area contributed by atoms with Crippen molar-refractivity contribution in [3.8, 4) is 39.7 Å². The summed E-state index contributed by atoms with van der Waals surface area (Å²) in [5.74, 6) is -1.95. The first-order valence-electron chi connectivity index (χ1n) is 16.0. The Balaban J connectivity index is 1.52. The van der Waals surface area contributed by atoms with Gasteiger partial charge >= 0.3 is 5.97 Å². The average molecular weight is 716 g/mol. The maximum Gasteiger partial charge on any atom is 0.339 e. The van der Waals surface area contributed by atoms with Crippen molar-refractivity contribution >= 4 is 49.3 Å². The van der Waals surface area contributed by atoms with Gasteiger partial charge in [0.15, 0.2) is 18.6 Å².